The van der Waals surface area contributed by atoms with Gasteiger partial charge in [0.05, 0.1) is 0 Å². The zero-order valence-corrected chi connectivity index (χ0v) is 20.4. The van der Waals surface area contributed by atoms with Crippen LogP contribution in [0.2, 0.25) is 11.1 Å². The number of amides is 1. The quantitative estimate of drug-likeness (QED) is 0.490. The Balaban J connectivity index is 2.33. The van der Waals surface area contributed by atoms with Crippen molar-refractivity contribution >= 4 is 20.4 Å². The third-order valence-corrected chi connectivity index (χ3v) is 12.5. The molecule has 2 N–H and O–H groups in total. The number of benzene rings is 2. The molecule has 0 aliphatic heterocycles. The highest BCUT2D eigenvalue weighted by Gasteiger charge is 2.57. The summed E-state index contributed by atoms with van der Waals surface area (Å²) in [6, 6.07) is 18.3. The molecule has 0 aliphatic rings. The minimum absolute atomic E-state index is 0.130. The van der Waals surface area contributed by atoms with Gasteiger partial charge in [0, 0.05) is 11.5 Å². The summed E-state index contributed by atoms with van der Waals surface area (Å²) < 4.78 is 6.32. The highest BCUT2D eigenvalue weighted by Crippen LogP contribution is 2.48. The van der Waals surface area contributed by atoms with E-state index in [1.165, 1.54) is 0 Å². The molecule has 0 spiro atoms. The Morgan fingerprint density at radius 1 is 0.935 bits per heavy atom. The summed E-state index contributed by atoms with van der Waals surface area (Å²) in [5.74, 6) is -1.08. The van der Waals surface area contributed by atoms with Crippen molar-refractivity contribution in [2.24, 2.45) is 0 Å². The summed E-state index contributed by atoms with van der Waals surface area (Å²) in [6.45, 7) is 12.7. The molecule has 6 heteroatoms. The smallest absolute Gasteiger partial charge is 0.394 e. The van der Waals surface area contributed by atoms with Crippen LogP contribution in [0.15, 0.2) is 60.7 Å². The Morgan fingerprint density at radius 2 is 1.42 bits per heavy atom. The monoisotopic (exact) mass is 441 g/mol. The number of aliphatic carboxylic acids is 1. The van der Waals surface area contributed by atoms with Crippen molar-refractivity contribution in [3.05, 3.63) is 71.8 Å². The van der Waals surface area contributed by atoms with Crippen molar-refractivity contribution in [1.82, 2.24) is 5.32 Å². The molecule has 168 valence electrons. The lowest BCUT2D eigenvalue weighted by atomic mass is 10.0. The van der Waals surface area contributed by atoms with E-state index in [0.717, 1.165) is 11.1 Å². The molecule has 1 atom stereocenters. The molecule has 2 rings (SSSR count). The molecule has 5 nitrogen and oxygen atoms in total. The van der Waals surface area contributed by atoms with Crippen LogP contribution in [0.3, 0.4) is 0 Å². The first kappa shape index (κ1) is 24.7. The third kappa shape index (κ3) is 5.36. The second kappa shape index (κ2) is 10.1. The summed E-state index contributed by atoms with van der Waals surface area (Å²) >= 11 is 0. The van der Waals surface area contributed by atoms with Gasteiger partial charge >= 0.3 is 12.1 Å². The molecule has 1 amide bonds. The molecular formula is C25H35NO4Si. The van der Waals surface area contributed by atoms with E-state index >= 15 is 0 Å². The van der Waals surface area contributed by atoms with Crippen LogP contribution in [-0.2, 0) is 20.7 Å². The average Bonchev–Trinajstić information content (AvgIpc) is 2.72. The average molecular weight is 442 g/mol. The molecular weight excluding hydrogens is 406 g/mol. The molecule has 0 aliphatic carbocycles. The van der Waals surface area contributed by atoms with Crippen molar-refractivity contribution in [3.63, 3.8) is 0 Å². The highest BCUT2D eigenvalue weighted by atomic mass is 28.4. The van der Waals surface area contributed by atoms with Gasteiger partial charge < -0.3 is 14.8 Å². The van der Waals surface area contributed by atoms with E-state index in [1.54, 1.807) is 0 Å². The predicted octanol–water partition coefficient (Wildman–Crippen LogP) is 5.69. The lowest BCUT2D eigenvalue weighted by Gasteiger charge is -2.49. The molecule has 0 fully saturated rings. The van der Waals surface area contributed by atoms with E-state index in [9.17, 15) is 14.7 Å². The molecule has 0 radical (unpaired) electrons. The number of rotatable bonds is 9. The van der Waals surface area contributed by atoms with Crippen molar-refractivity contribution in [2.45, 2.75) is 70.1 Å². The summed E-state index contributed by atoms with van der Waals surface area (Å²) in [6.07, 6.45) is -0.452. The molecule has 2 aromatic rings. The normalized spacial score (nSPS) is 13.2. The van der Waals surface area contributed by atoms with E-state index in [1.807, 2.05) is 48.5 Å². The molecule has 0 aromatic heterocycles. The first-order valence-corrected chi connectivity index (χ1v) is 12.9. The first-order chi connectivity index (χ1) is 14.5. The van der Waals surface area contributed by atoms with Gasteiger partial charge in [-0.25, -0.2) is 9.59 Å². The zero-order valence-electron chi connectivity index (χ0n) is 19.4. The van der Waals surface area contributed by atoms with Crippen molar-refractivity contribution in [1.29, 1.82) is 0 Å². The first-order valence-electron chi connectivity index (χ1n) is 10.8. The maximum Gasteiger partial charge on any atom is 0.394 e. The van der Waals surface area contributed by atoms with Crippen LogP contribution in [0.25, 0.3) is 0 Å². The van der Waals surface area contributed by atoms with Gasteiger partial charge in [-0.15, -0.1) is 0 Å². The molecule has 0 saturated carbocycles. The van der Waals surface area contributed by atoms with E-state index in [2.05, 4.69) is 59.0 Å². The van der Waals surface area contributed by atoms with Gasteiger partial charge in [0.25, 0.3) is 8.32 Å². The number of carbonyl (C=O) groups excluding carboxylic acids is 1. The van der Waals surface area contributed by atoms with E-state index < -0.39 is 26.4 Å². The number of hydrogen-bond donors (Lipinski definition) is 2. The van der Waals surface area contributed by atoms with Crippen LogP contribution in [0.4, 0.5) is 4.79 Å². The second-order valence-corrected chi connectivity index (χ2v) is 14.6. The Kier molecular flexibility index (Phi) is 8.06. The van der Waals surface area contributed by atoms with Crippen LogP contribution < -0.4 is 5.32 Å². The SMILES string of the molecule is CC(C)[Si](OC(=O)N[C@@H](Cc1ccccc1)C(=O)O)(C(C)C)C(C)(C)c1ccccc1. The Bertz CT molecular complexity index is 858. The number of carboxylic acids is 1. The van der Waals surface area contributed by atoms with Crippen LogP contribution in [0, 0.1) is 0 Å². The van der Waals surface area contributed by atoms with Gasteiger partial charge in [0.2, 0.25) is 0 Å². The highest BCUT2D eigenvalue weighted by molar-refractivity contribution is 6.80. The van der Waals surface area contributed by atoms with Crippen LogP contribution in [0.1, 0.15) is 52.7 Å². The minimum atomic E-state index is -2.78. The largest absolute Gasteiger partial charge is 0.502 e. The van der Waals surface area contributed by atoms with Gasteiger partial charge in [-0.3, -0.25) is 0 Å². The van der Waals surface area contributed by atoms with Gasteiger partial charge in [0.15, 0.2) is 0 Å². The molecule has 0 unspecified atom stereocenters. The number of hydrogen-bond acceptors (Lipinski definition) is 3. The lowest BCUT2D eigenvalue weighted by Crippen LogP contribution is -2.62. The molecule has 31 heavy (non-hydrogen) atoms. The number of carbonyl (C=O) groups is 2. The maximum atomic E-state index is 13.1. The van der Waals surface area contributed by atoms with Crippen molar-refractivity contribution < 1.29 is 19.1 Å². The fourth-order valence-electron chi connectivity index (χ4n) is 4.93. The Hall–Kier alpha value is -2.60. The molecule has 2 aromatic carbocycles. The molecule has 0 saturated heterocycles. The fourth-order valence-corrected chi connectivity index (χ4v) is 10.9. The van der Waals surface area contributed by atoms with Gasteiger partial charge in [-0.05, 0) is 22.2 Å². The topological polar surface area (TPSA) is 75.6 Å². The molecule has 0 bridgehead atoms. The van der Waals surface area contributed by atoms with Crippen molar-refractivity contribution in [3.8, 4) is 0 Å². The summed E-state index contributed by atoms with van der Waals surface area (Å²) in [5, 5.41) is 11.9. The van der Waals surface area contributed by atoms with E-state index in [0.29, 0.717) is 0 Å². The lowest BCUT2D eigenvalue weighted by molar-refractivity contribution is -0.139. The van der Waals surface area contributed by atoms with E-state index in [-0.39, 0.29) is 22.5 Å². The van der Waals surface area contributed by atoms with Crippen LogP contribution in [-0.4, -0.2) is 31.5 Å². The van der Waals surface area contributed by atoms with Gasteiger partial charge in [-0.2, -0.15) is 0 Å². The fraction of sp³-hybridized carbons (Fsp3) is 0.440. The predicted molar refractivity (Wildman–Crippen MR) is 127 cm³/mol. The Labute approximate surface area is 187 Å². The number of carboxylic acid groups (broad SMARTS) is 1. The third-order valence-electron chi connectivity index (χ3n) is 6.32. The standard InChI is InChI=1S/C25H35NO4Si/c1-18(2)31(19(3)4,25(5,6)21-15-11-8-12-16-21)30-24(29)26-22(23(27)28)17-20-13-9-7-10-14-20/h7-16,18-19,22H,17H2,1-6H3,(H,26,29)(H,27,28)/t22-/m0/s1. The summed E-state index contributed by atoms with van der Waals surface area (Å²) in [7, 11) is -2.78. The van der Waals surface area contributed by atoms with Crippen LogP contribution >= 0.6 is 0 Å². The summed E-state index contributed by atoms with van der Waals surface area (Å²) in [4.78, 5) is 24.9. The molecule has 0 heterocycles. The van der Waals surface area contributed by atoms with E-state index in [4.69, 9.17) is 4.43 Å². The summed E-state index contributed by atoms with van der Waals surface area (Å²) in [5.41, 5.74) is 2.23. The van der Waals surface area contributed by atoms with Gasteiger partial charge in [0.1, 0.15) is 6.04 Å². The second-order valence-electron chi connectivity index (χ2n) is 9.21. The van der Waals surface area contributed by atoms with Crippen LogP contribution in [0.5, 0.6) is 0 Å². The van der Waals surface area contributed by atoms with Crippen molar-refractivity contribution in [2.75, 3.05) is 0 Å². The maximum absolute atomic E-state index is 13.1. The Morgan fingerprint density at radius 3 is 1.87 bits per heavy atom. The number of nitrogens with one attached hydrogen (secondary N) is 1. The minimum Gasteiger partial charge on any atom is -0.502 e. The zero-order chi connectivity index (χ0) is 23.2. The van der Waals surface area contributed by atoms with Gasteiger partial charge in [-0.1, -0.05) is 102 Å².